The number of fused-ring (bicyclic) bond motifs is 1. The van der Waals surface area contributed by atoms with Gasteiger partial charge in [-0.25, -0.2) is 9.97 Å². The largest absolute Gasteiger partial charge is 0.416 e. The number of benzene rings is 1. The van der Waals surface area contributed by atoms with Gasteiger partial charge in [0.2, 0.25) is 0 Å². The molecular formula is C19H17F3N4OS. The lowest BCUT2D eigenvalue weighted by Crippen LogP contribution is -2.10. The summed E-state index contributed by atoms with van der Waals surface area (Å²) in [4.78, 5) is 24.4. The van der Waals surface area contributed by atoms with E-state index in [2.05, 4.69) is 15.0 Å². The first-order valence-electron chi connectivity index (χ1n) is 7.97. The van der Waals surface area contributed by atoms with Gasteiger partial charge in [0.15, 0.2) is 5.78 Å². The molecule has 3 aromatic heterocycles. The fourth-order valence-corrected chi connectivity index (χ4v) is 3.50. The van der Waals surface area contributed by atoms with Crippen molar-refractivity contribution in [1.82, 2.24) is 19.5 Å². The minimum absolute atomic E-state index is 0. The Kier molecular flexibility index (Phi) is 5.12. The zero-order chi connectivity index (χ0) is 19.2. The Balaban J connectivity index is 0.00000225. The molecule has 4 rings (SSSR count). The minimum Gasteiger partial charge on any atom is -0.342 e. The highest BCUT2D eigenvalue weighted by molar-refractivity contribution is 7.16. The van der Waals surface area contributed by atoms with Crippen molar-refractivity contribution < 1.29 is 18.0 Å². The van der Waals surface area contributed by atoms with Crippen molar-refractivity contribution in [3.8, 4) is 5.69 Å². The predicted molar refractivity (Wildman–Crippen MR) is 102 cm³/mol. The number of aromatic amines is 1. The summed E-state index contributed by atoms with van der Waals surface area (Å²) < 4.78 is 41.4. The van der Waals surface area contributed by atoms with E-state index in [-0.39, 0.29) is 25.2 Å². The summed E-state index contributed by atoms with van der Waals surface area (Å²) in [6.45, 7) is 1.75. The number of carbonyl (C=O) groups excluding carboxylic acids is 1. The van der Waals surface area contributed by atoms with Gasteiger partial charge in [0.1, 0.15) is 10.3 Å². The zero-order valence-corrected chi connectivity index (χ0v) is 14.9. The number of aromatic nitrogens is 4. The van der Waals surface area contributed by atoms with E-state index in [0.29, 0.717) is 22.6 Å². The molecule has 0 amide bonds. The Bertz CT molecular complexity index is 1110. The van der Waals surface area contributed by atoms with Gasteiger partial charge >= 0.3 is 6.18 Å². The molecule has 0 atom stereocenters. The van der Waals surface area contributed by atoms with Crippen LogP contribution in [0, 0.1) is 6.92 Å². The quantitative estimate of drug-likeness (QED) is 0.474. The maximum absolute atomic E-state index is 13.3. The lowest BCUT2D eigenvalue weighted by atomic mass is 10.0. The van der Waals surface area contributed by atoms with E-state index >= 15 is 0 Å². The molecular weight excluding hydrogens is 389 g/mol. The number of carbonyl (C=O) groups is 1. The lowest BCUT2D eigenvalue weighted by molar-refractivity contribution is -0.137. The van der Waals surface area contributed by atoms with E-state index in [1.54, 1.807) is 30.8 Å². The Morgan fingerprint density at radius 2 is 2.00 bits per heavy atom. The molecule has 0 aliphatic heterocycles. The van der Waals surface area contributed by atoms with Gasteiger partial charge < -0.3 is 9.55 Å². The first kappa shape index (κ1) is 19.8. The van der Waals surface area contributed by atoms with Crippen LogP contribution in [0.25, 0.3) is 16.0 Å². The van der Waals surface area contributed by atoms with Crippen LogP contribution < -0.4 is 0 Å². The summed E-state index contributed by atoms with van der Waals surface area (Å²) in [5, 5.41) is 0. The Morgan fingerprint density at radius 3 is 2.64 bits per heavy atom. The molecule has 3 heterocycles. The van der Waals surface area contributed by atoms with Crippen LogP contribution in [0.15, 0.2) is 42.3 Å². The Hall–Kier alpha value is -2.94. The molecule has 1 aromatic carbocycles. The molecule has 5 nitrogen and oxygen atoms in total. The van der Waals surface area contributed by atoms with Crippen molar-refractivity contribution in [1.29, 1.82) is 0 Å². The van der Waals surface area contributed by atoms with Crippen molar-refractivity contribution in [3.63, 3.8) is 0 Å². The topological polar surface area (TPSA) is 63.6 Å². The molecule has 0 spiro atoms. The second kappa shape index (κ2) is 7.23. The molecule has 28 heavy (non-hydrogen) atoms. The summed E-state index contributed by atoms with van der Waals surface area (Å²) in [6, 6.07) is 5.23. The number of ketones is 1. The average Bonchev–Trinajstić information content (AvgIpc) is 3.29. The minimum atomic E-state index is -4.51. The van der Waals surface area contributed by atoms with E-state index in [1.807, 2.05) is 0 Å². The molecule has 0 saturated carbocycles. The van der Waals surface area contributed by atoms with Crippen LogP contribution in [0.5, 0.6) is 0 Å². The van der Waals surface area contributed by atoms with Crippen LogP contribution in [0.2, 0.25) is 0 Å². The number of halogens is 3. The number of hydrogen-bond acceptors (Lipinski definition) is 4. The normalized spacial score (nSPS) is 11.6. The fourth-order valence-electron chi connectivity index (χ4n) is 2.83. The number of nitrogens with zero attached hydrogens (tertiary/aromatic N) is 3. The van der Waals surface area contributed by atoms with Gasteiger partial charge in [-0.1, -0.05) is 7.43 Å². The number of H-pyrrole nitrogens is 1. The van der Waals surface area contributed by atoms with Gasteiger partial charge in [-0.15, -0.1) is 11.3 Å². The predicted octanol–water partition coefficient (Wildman–Crippen LogP) is 5.20. The summed E-state index contributed by atoms with van der Waals surface area (Å²) in [7, 11) is 0. The van der Waals surface area contributed by atoms with Crippen molar-refractivity contribution in [2.75, 3.05) is 0 Å². The average molecular weight is 406 g/mol. The summed E-state index contributed by atoms with van der Waals surface area (Å²) in [5.74, 6) is -0.299. The fraction of sp³-hybridized carbons (Fsp3) is 0.211. The highest BCUT2D eigenvalue weighted by Gasteiger charge is 2.31. The van der Waals surface area contributed by atoms with Gasteiger partial charge in [0.05, 0.1) is 28.8 Å². The van der Waals surface area contributed by atoms with Crippen molar-refractivity contribution in [3.05, 3.63) is 64.8 Å². The van der Waals surface area contributed by atoms with Crippen molar-refractivity contribution in [2.24, 2.45) is 0 Å². The maximum atomic E-state index is 13.3. The van der Waals surface area contributed by atoms with Gasteiger partial charge in [0, 0.05) is 18.3 Å². The number of imidazole rings is 1. The first-order chi connectivity index (χ1) is 12.8. The van der Waals surface area contributed by atoms with Crippen molar-refractivity contribution in [2.45, 2.75) is 26.9 Å². The second-order valence-electron chi connectivity index (χ2n) is 6.16. The highest BCUT2D eigenvalue weighted by atomic mass is 32.1. The standard InChI is InChI=1S/C18H13F3N4OS.CH4/c1-10-7-25(8-22-10)13-3-11(2-12(5-13)18(19,20)21)4-16(26)14-6-15-17(24-14)27-9-23-15;/h2-3,5-9,24H,4H2,1H3;1H4. The molecule has 0 aliphatic rings. The van der Waals surface area contributed by atoms with Gasteiger partial charge in [-0.3, -0.25) is 4.79 Å². The number of Topliss-reactive ketones (excluding diaryl/α,β-unsaturated/α-hetero) is 1. The number of thiazole rings is 1. The third kappa shape index (κ3) is 3.84. The monoisotopic (exact) mass is 406 g/mol. The number of hydrogen-bond donors (Lipinski definition) is 1. The second-order valence-corrected chi connectivity index (χ2v) is 7.01. The SMILES string of the molecule is C.Cc1cn(-c2cc(CC(=O)c3cc4ncsc4[nH]3)cc(C(F)(F)F)c2)cn1. The molecule has 146 valence electrons. The lowest BCUT2D eigenvalue weighted by Gasteiger charge is -2.12. The highest BCUT2D eigenvalue weighted by Crippen LogP contribution is 2.32. The molecule has 9 heteroatoms. The van der Waals surface area contributed by atoms with Crippen LogP contribution in [0.1, 0.15) is 34.7 Å². The Morgan fingerprint density at radius 1 is 1.21 bits per heavy atom. The first-order valence-corrected chi connectivity index (χ1v) is 8.85. The summed E-state index contributed by atoms with van der Waals surface area (Å²) in [5.41, 5.74) is 3.13. The van der Waals surface area contributed by atoms with Crippen LogP contribution in [-0.2, 0) is 12.6 Å². The maximum Gasteiger partial charge on any atom is 0.416 e. The third-order valence-electron chi connectivity index (χ3n) is 4.10. The van der Waals surface area contributed by atoms with E-state index in [4.69, 9.17) is 0 Å². The smallest absolute Gasteiger partial charge is 0.342 e. The molecule has 0 radical (unpaired) electrons. The molecule has 0 bridgehead atoms. The molecule has 0 saturated heterocycles. The molecule has 0 unspecified atom stereocenters. The molecule has 0 fully saturated rings. The Labute approximate surface area is 162 Å². The van der Waals surface area contributed by atoms with Crippen LogP contribution in [0.3, 0.4) is 0 Å². The van der Waals surface area contributed by atoms with Gasteiger partial charge in [0.25, 0.3) is 0 Å². The van der Waals surface area contributed by atoms with Gasteiger partial charge in [-0.2, -0.15) is 13.2 Å². The number of rotatable bonds is 4. The van der Waals surface area contributed by atoms with Crippen LogP contribution in [0.4, 0.5) is 13.2 Å². The third-order valence-corrected chi connectivity index (χ3v) is 4.86. The van der Waals surface area contributed by atoms with Crippen molar-refractivity contribution >= 4 is 27.5 Å². The number of aryl methyl sites for hydroxylation is 1. The van der Waals surface area contributed by atoms with E-state index in [0.717, 1.165) is 17.0 Å². The van der Waals surface area contributed by atoms with Gasteiger partial charge in [-0.05, 0) is 36.8 Å². The number of nitrogens with one attached hydrogen (secondary N) is 1. The number of alkyl halides is 3. The molecule has 4 aromatic rings. The van der Waals surface area contributed by atoms with Crippen LogP contribution >= 0.6 is 11.3 Å². The van der Waals surface area contributed by atoms with E-state index < -0.39 is 11.7 Å². The summed E-state index contributed by atoms with van der Waals surface area (Å²) in [6.07, 6.45) is -1.59. The zero-order valence-electron chi connectivity index (χ0n) is 14.0. The van der Waals surface area contributed by atoms with E-state index in [1.165, 1.54) is 22.2 Å². The summed E-state index contributed by atoms with van der Waals surface area (Å²) >= 11 is 1.36. The molecule has 1 N–H and O–H groups in total. The van der Waals surface area contributed by atoms with Crippen LogP contribution in [-0.4, -0.2) is 25.3 Å². The van der Waals surface area contributed by atoms with E-state index in [9.17, 15) is 18.0 Å². The molecule has 0 aliphatic carbocycles.